The van der Waals surface area contributed by atoms with Crippen molar-refractivity contribution in [1.29, 1.82) is 0 Å². The Kier molecular flexibility index (Phi) is 6.96. The second-order valence-corrected chi connectivity index (χ2v) is 4.90. The van der Waals surface area contributed by atoms with Gasteiger partial charge in [-0.1, -0.05) is 47.6 Å². The van der Waals surface area contributed by atoms with Crippen LogP contribution in [0.2, 0.25) is 0 Å². The zero-order valence-corrected chi connectivity index (χ0v) is 11.6. The number of nitrogens with zero attached hydrogens (tertiary/aromatic N) is 3. The highest BCUT2D eigenvalue weighted by Gasteiger charge is 1.99. The third-order valence-electron chi connectivity index (χ3n) is 2.39. The molecule has 1 heterocycles. The van der Waals surface area contributed by atoms with Crippen molar-refractivity contribution in [3.05, 3.63) is 11.9 Å². The molecule has 15 heavy (non-hydrogen) atoms. The van der Waals surface area contributed by atoms with Gasteiger partial charge >= 0.3 is 0 Å². The molecule has 0 aliphatic rings. The van der Waals surface area contributed by atoms with E-state index in [1.807, 2.05) is 4.68 Å². The van der Waals surface area contributed by atoms with E-state index in [1.165, 1.54) is 36.5 Å². The minimum absolute atomic E-state index is 1.01. The van der Waals surface area contributed by atoms with E-state index in [0.717, 1.165) is 18.7 Å². The molecule has 0 aliphatic heterocycles. The first-order valence-corrected chi connectivity index (χ1v) is 7.34. The molecule has 0 N–H and O–H groups in total. The van der Waals surface area contributed by atoms with Gasteiger partial charge in [-0.05, 0) is 30.1 Å². The second kappa shape index (κ2) is 8.07. The van der Waals surface area contributed by atoms with Crippen LogP contribution in [0.25, 0.3) is 0 Å². The van der Waals surface area contributed by atoms with Crippen LogP contribution in [0.4, 0.5) is 0 Å². The normalized spacial score (nSPS) is 10.8. The Morgan fingerprint density at radius 3 is 2.87 bits per heavy atom. The van der Waals surface area contributed by atoms with E-state index in [9.17, 15) is 0 Å². The standard InChI is InChI=1S/C11H20IN3/c1-2-3-9-15-10-11(13-14-15)7-5-4-6-8-12/h10H,2-9H2,1H3. The number of aryl methyl sites for hydroxylation is 2. The molecule has 0 amide bonds. The van der Waals surface area contributed by atoms with Gasteiger partial charge in [0.1, 0.15) is 0 Å². The van der Waals surface area contributed by atoms with Gasteiger partial charge in [0.2, 0.25) is 0 Å². The van der Waals surface area contributed by atoms with Crippen molar-refractivity contribution in [2.24, 2.45) is 0 Å². The summed E-state index contributed by atoms with van der Waals surface area (Å²) in [5.74, 6) is 0. The fourth-order valence-electron chi connectivity index (χ4n) is 1.46. The lowest BCUT2D eigenvalue weighted by atomic mass is 10.2. The number of alkyl halides is 1. The molecule has 1 aromatic heterocycles. The van der Waals surface area contributed by atoms with Crippen molar-refractivity contribution < 1.29 is 0 Å². The fourth-order valence-corrected chi connectivity index (χ4v) is 2.00. The summed E-state index contributed by atoms with van der Waals surface area (Å²) in [6.45, 7) is 3.21. The highest BCUT2D eigenvalue weighted by molar-refractivity contribution is 14.1. The predicted octanol–water partition coefficient (Wildman–Crippen LogP) is 3.23. The molecule has 0 aromatic carbocycles. The van der Waals surface area contributed by atoms with E-state index >= 15 is 0 Å². The van der Waals surface area contributed by atoms with Gasteiger partial charge in [-0.3, -0.25) is 4.68 Å². The zero-order chi connectivity index (χ0) is 10.9. The summed E-state index contributed by atoms with van der Waals surface area (Å²) < 4.78 is 3.23. The summed E-state index contributed by atoms with van der Waals surface area (Å²) in [7, 11) is 0. The molecule has 0 radical (unpaired) electrons. The maximum Gasteiger partial charge on any atom is 0.0827 e. The molecule has 1 rings (SSSR count). The van der Waals surface area contributed by atoms with Gasteiger partial charge in [0.15, 0.2) is 0 Å². The molecule has 0 bridgehead atoms. The molecular formula is C11H20IN3. The van der Waals surface area contributed by atoms with Crippen molar-refractivity contribution in [3.63, 3.8) is 0 Å². The second-order valence-electron chi connectivity index (χ2n) is 3.83. The van der Waals surface area contributed by atoms with Crippen molar-refractivity contribution in [2.45, 2.75) is 52.0 Å². The van der Waals surface area contributed by atoms with Crippen LogP contribution in [0.5, 0.6) is 0 Å². The highest BCUT2D eigenvalue weighted by Crippen LogP contribution is 2.05. The Morgan fingerprint density at radius 2 is 2.13 bits per heavy atom. The topological polar surface area (TPSA) is 30.7 Å². The van der Waals surface area contributed by atoms with Crippen molar-refractivity contribution in [1.82, 2.24) is 15.0 Å². The summed E-state index contributed by atoms with van der Waals surface area (Å²) in [6, 6.07) is 0. The van der Waals surface area contributed by atoms with Gasteiger partial charge in [0.25, 0.3) is 0 Å². The number of hydrogen-bond donors (Lipinski definition) is 0. The van der Waals surface area contributed by atoms with Gasteiger partial charge < -0.3 is 0 Å². The molecule has 0 saturated carbocycles. The molecule has 86 valence electrons. The summed E-state index contributed by atoms with van der Waals surface area (Å²) in [5, 5.41) is 8.30. The summed E-state index contributed by atoms with van der Waals surface area (Å²) in [6.07, 6.45) is 9.47. The molecule has 3 nitrogen and oxygen atoms in total. The molecule has 4 heteroatoms. The third kappa shape index (κ3) is 5.49. The molecule has 0 saturated heterocycles. The Bertz CT molecular complexity index is 260. The van der Waals surface area contributed by atoms with E-state index in [4.69, 9.17) is 0 Å². The van der Waals surface area contributed by atoms with Crippen LogP contribution >= 0.6 is 22.6 Å². The van der Waals surface area contributed by atoms with Crippen LogP contribution in [0, 0.1) is 0 Å². The SMILES string of the molecule is CCCCn1cc(CCCCCI)nn1. The predicted molar refractivity (Wildman–Crippen MR) is 71.4 cm³/mol. The Morgan fingerprint density at radius 1 is 1.27 bits per heavy atom. The number of aromatic nitrogens is 3. The fraction of sp³-hybridized carbons (Fsp3) is 0.818. The van der Waals surface area contributed by atoms with Gasteiger partial charge in [0.05, 0.1) is 5.69 Å². The molecule has 1 aromatic rings. The van der Waals surface area contributed by atoms with E-state index in [-0.39, 0.29) is 0 Å². The Hall–Kier alpha value is -0.130. The average molecular weight is 321 g/mol. The number of rotatable bonds is 8. The number of hydrogen-bond acceptors (Lipinski definition) is 2. The largest absolute Gasteiger partial charge is 0.252 e. The summed E-state index contributed by atoms with van der Waals surface area (Å²) in [4.78, 5) is 0. The smallest absolute Gasteiger partial charge is 0.0827 e. The van der Waals surface area contributed by atoms with Crippen LogP contribution < -0.4 is 0 Å². The molecular weight excluding hydrogens is 301 g/mol. The lowest BCUT2D eigenvalue weighted by molar-refractivity contribution is 0.553. The van der Waals surface area contributed by atoms with Crippen LogP contribution in [0.3, 0.4) is 0 Å². The minimum atomic E-state index is 1.01. The number of unbranched alkanes of at least 4 members (excludes halogenated alkanes) is 3. The lowest BCUT2D eigenvalue weighted by Gasteiger charge is -1.96. The van der Waals surface area contributed by atoms with Crippen LogP contribution in [0.1, 0.15) is 44.7 Å². The minimum Gasteiger partial charge on any atom is -0.252 e. The maximum absolute atomic E-state index is 4.18. The van der Waals surface area contributed by atoms with Crippen LogP contribution in [-0.4, -0.2) is 19.4 Å². The molecule has 0 atom stereocenters. The van der Waals surface area contributed by atoms with Gasteiger partial charge in [-0.25, -0.2) is 0 Å². The first-order valence-electron chi connectivity index (χ1n) is 5.81. The van der Waals surface area contributed by atoms with Crippen molar-refractivity contribution in [2.75, 3.05) is 4.43 Å². The summed E-state index contributed by atoms with van der Waals surface area (Å²) >= 11 is 2.43. The van der Waals surface area contributed by atoms with Gasteiger partial charge in [0, 0.05) is 12.7 Å². The monoisotopic (exact) mass is 321 g/mol. The van der Waals surface area contributed by atoms with E-state index < -0.39 is 0 Å². The molecule has 0 spiro atoms. The average Bonchev–Trinajstić information content (AvgIpc) is 2.69. The van der Waals surface area contributed by atoms with E-state index in [2.05, 4.69) is 46.0 Å². The molecule has 0 unspecified atom stereocenters. The zero-order valence-electron chi connectivity index (χ0n) is 9.45. The van der Waals surface area contributed by atoms with Crippen LogP contribution in [0.15, 0.2) is 6.20 Å². The van der Waals surface area contributed by atoms with Crippen LogP contribution in [-0.2, 0) is 13.0 Å². The highest BCUT2D eigenvalue weighted by atomic mass is 127. The van der Waals surface area contributed by atoms with E-state index in [0.29, 0.717) is 0 Å². The quantitative estimate of drug-likeness (QED) is 0.418. The van der Waals surface area contributed by atoms with Crippen molar-refractivity contribution in [3.8, 4) is 0 Å². The first-order chi connectivity index (χ1) is 7.36. The summed E-state index contributed by atoms with van der Waals surface area (Å²) in [5.41, 5.74) is 1.15. The third-order valence-corrected chi connectivity index (χ3v) is 3.16. The van der Waals surface area contributed by atoms with Crippen molar-refractivity contribution >= 4 is 22.6 Å². The van der Waals surface area contributed by atoms with Gasteiger partial charge in [-0.2, -0.15) is 0 Å². The Balaban J connectivity index is 2.20. The Labute approximate surface area is 106 Å². The number of halogens is 1. The maximum atomic E-state index is 4.18. The molecule has 0 aliphatic carbocycles. The van der Waals surface area contributed by atoms with E-state index in [1.54, 1.807) is 0 Å². The lowest BCUT2D eigenvalue weighted by Crippen LogP contribution is -1.97. The first kappa shape index (κ1) is 12.9. The van der Waals surface area contributed by atoms with Gasteiger partial charge in [-0.15, -0.1) is 5.10 Å². The molecule has 0 fully saturated rings.